The van der Waals surface area contributed by atoms with Gasteiger partial charge in [0.15, 0.2) is 9.84 Å². The lowest BCUT2D eigenvalue weighted by atomic mass is 9.94. The third kappa shape index (κ3) is 5.17. The number of sulfone groups is 1. The Balaban J connectivity index is 2.15. The summed E-state index contributed by atoms with van der Waals surface area (Å²) in [6, 6.07) is 8.05. The van der Waals surface area contributed by atoms with Gasteiger partial charge in [-0.15, -0.1) is 0 Å². The van der Waals surface area contributed by atoms with Gasteiger partial charge in [-0.05, 0) is 56.2 Å². The van der Waals surface area contributed by atoms with E-state index in [4.69, 9.17) is 14.2 Å². The van der Waals surface area contributed by atoms with Crippen molar-refractivity contribution in [3.05, 3.63) is 64.4 Å². The first-order valence-corrected chi connectivity index (χ1v) is 12.3. The van der Waals surface area contributed by atoms with Gasteiger partial charge in [0, 0.05) is 17.3 Å². The van der Waals surface area contributed by atoms with Crippen molar-refractivity contribution in [2.45, 2.75) is 31.7 Å². The van der Waals surface area contributed by atoms with Crippen molar-refractivity contribution in [2.75, 3.05) is 26.6 Å². The van der Waals surface area contributed by atoms with Crippen molar-refractivity contribution in [1.82, 2.24) is 10.6 Å². The van der Waals surface area contributed by atoms with E-state index in [9.17, 15) is 18.0 Å². The van der Waals surface area contributed by atoms with Crippen LogP contribution in [0.2, 0.25) is 0 Å². The van der Waals surface area contributed by atoms with Crippen molar-refractivity contribution in [3.8, 4) is 11.5 Å². The third-order valence-corrected chi connectivity index (χ3v) is 7.21. The second-order valence-electron chi connectivity index (χ2n) is 7.76. The fourth-order valence-electron chi connectivity index (χ4n) is 3.65. The minimum atomic E-state index is -3.90. The molecule has 0 bridgehead atoms. The van der Waals surface area contributed by atoms with Crippen molar-refractivity contribution in [2.24, 2.45) is 0 Å². The molecule has 9 nitrogen and oxygen atoms in total. The molecular weight excluding hydrogens is 460 g/mol. The summed E-state index contributed by atoms with van der Waals surface area (Å²) in [5, 5.41) is 5.18. The average Bonchev–Trinajstić information content (AvgIpc) is 2.79. The maximum absolute atomic E-state index is 13.2. The number of hydrogen-bond acceptors (Lipinski definition) is 7. The molecule has 0 aromatic heterocycles. The highest BCUT2D eigenvalue weighted by Gasteiger charge is 2.37. The molecule has 3 rings (SSSR count). The van der Waals surface area contributed by atoms with Crippen LogP contribution in [0, 0.1) is 13.8 Å². The Bertz CT molecular complexity index is 1250. The van der Waals surface area contributed by atoms with Crippen LogP contribution in [0.4, 0.5) is 4.79 Å². The number of amides is 2. The molecule has 1 unspecified atom stereocenters. The molecule has 0 saturated carbocycles. The quantitative estimate of drug-likeness (QED) is 0.548. The molecular formula is C24H28N2O7S. The van der Waals surface area contributed by atoms with Crippen LogP contribution in [0.1, 0.15) is 29.7 Å². The fraction of sp³-hybridized carbons (Fsp3) is 0.333. The van der Waals surface area contributed by atoms with Crippen molar-refractivity contribution < 1.29 is 32.2 Å². The van der Waals surface area contributed by atoms with Crippen LogP contribution >= 0.6 is 0 Å². The Hall–Kier alpha value is -3.53. The summed E-state index contributed by atoms with van der Waals surface area (Å²) >= 11 is 0. The summed E-state index contributed by atoms with van der Waals surface area (Å²) in [6.45, 7) is 5.41. The third-order valence-electron chi connectivity index (χ3n) is 5.57. The van der Waals surface area contributed by atoms with E-state index in [2.05, 4.69) is 10.6 Å². The lowest BCUT2D eigenvalue weighted by molar-refractivity contribution is -0.139. The molecule has 34 heavy (non-hydrogen) atoms. The van der Waals surface area contributed by atoms with Crippen molar-refractivity contribution >= 4 is 21.8 Å². The molecule has 10 heteroatoms. The first-order chi connectivity index (χ1) is 16.1. The highest BCUT2D eigenvalue weighted by Crippen LogP contribution is 2.36. The van der Waals surface area contributed by atoms with Gasteiger partial charge in [0.2, 0.25) is 0 Å². The molecule has 2 amide bonds. The van der Waals surface area contributed by atoms with Gasteiger partial charge >= 0.3 is 12.0 Å². The Labute approximate surface area is 199 Å². The number of carbonyl (C=O) groups excluding carboxylic acids is 2. The van der Waals surface area contributed by atoms with Gasteiger partial charge in [0.05, 0.1) is 43.1 Å². The second-order valence-corrected chi connectivity index (χ2v) is 9.75. The summed E-state index contributed by atoms with van der Waals surface area (Å²) in [4.78, 5) is 25.7. The lowest BCUT2D eigenvalue weighted by Gasteiger charge is -2.30. The number of ether oxygens (including phenoxy) is 3. The number of urea groups is 1. The number of carbonyl (C=O) groups is 2. The normalized spacial score (nSPS) is 15.9. The monoisotopic (exact) mass is 488 g/mol. The molecule has 2 aromatic carbocycles. The highest BCUT2D eigenvalue weighted by atomic mass is 32.2. The van der Waals surface area contributed by atoms with Gasteiger partial charge in [-0.2, -0.15) is 0 Å². The standard InChI is InChI=1S/C24H28N2O7S/c1-6-33-23(27)21-19(13-34(29,30)17-9-7-14(2)15(3)11-17)25-24(28)26-22(21)18-10-8-16(31-4)12-20(18)32-5/h7-12,22H,6,13H2,1-5H3,(H2,25,26,28). The van der Waals surface area contributed by atoms with Crippen LogP contribution in [-0.4, -0.2) is 47.0 Å². The molecule has 2 N–H and O–H groups in total. The van der Waals surface area contributed by atoms with E-state index in [1.807, 2.05) is 13.8 Å². The van der Waals surface area contributed by atoms with Crippen molar-refractivity contribution in [3.63, 3.8) is 0 Å². The van der Waals surface area contributed by atoms with Crippen LogP contribution in [0.25, 0.3) is 0 Å². The molecule has 1 aliphatic rings. The Kier molecular flexibility index (Phi) is 7.51. The molecule has 0 spiro atoms. The minimum absolute atomic E-state index is 0.0164. The van der Waals surface area contributed by atoms with Gasteiger partial charge in [0.1, 0.15) is 11.5 Å². The van der Waals surface area contributed by atoms with Crippen LogP contribution in [0.15, 0.2) is 52.6 Å². The van der Waals surface area contributed by atoms with Crippen LogP contribution in [0.3, 0.4) is 0 Å². The van der Waals surface area contributed by atoms with E-state index in [0.29, 0.717) is 17.1 Å². The molecule has 0 saturated heterocycles. The van der Waals surface area contributed by atoms with Crippen molar-refractivity contribution in [1.29, 1.82) is 0 Å². The molecule has 1 heterocycles. The first-order valence-electron chi connectivity index (χ1n) is 10.6. The lowest BCUT2D eigenvalue weighted by Crippen LogP contribution is -2.47. The summed E-state index contributed by atoms with van der Waals surface area (Å²) < 4.78 is 42.4. The molecule has 2 aromatic rings. The van der Waals surface area contributed by atoms with Crippen LogP contribution in [-0.2, 0) is 19.4 Å². The SMILES string of the molecule is CCOC(=O)C1=C(CS(=O)(=O)c2ccc(C)c(C)c2)NC(=O)NC1c1ccc(OC)cc1OC. The summed E-state index contributed by atoms with van der Waals surface area (Å²) in [6.07, 6.45) is 0. The summed E-state index contributed by atoms with van der Waals surface area (Å²) in [5.41, 5.74) is 2.14. The topological polar surface area (TPSA) is 120 Å². The molecule has 0 aliphatic carbocycles. The van der Waals surface area contributed by atoms with E-state index in [1.165, 1.54) is 20.3 Å². The largest absolute Gasteiger partial charge is 0.497 e. The Morgan fingerprint density at radius 2 is 1.76 bits per heavy atom. The van der Waals surface area contributed by atoms with E-state index in [-0.39, 0.29) is 22.8 Å². The summed E-state index contributed by atoms with van der Waals surface area (Å²) in [5.74, 6) is -0.473. The number of hydrogen-bond donors (Lipinski definition) is 2. The van der Waals surface area contributed by atoms with Gasteiger partial charge < -0.3 is 24.8 Å². The fourth-order valence-corrected chi connectivity index (χ4v) is 5.06. The van der Waals surface area contributed by atoms with Gasteiger partial charge in [-0.3, -0.25) is 0 Å². The van der Waals surface area contributed by atoms with Crippen LogP contribution in [0.5, 0.6) is 11.5 Å². The zero-order valence-corrected chi connectivity index (χ0v) is 20.5. The smallest absolute Gasteiger partial charge is 0.338 e. The first kappa shape index (κ1) is 25.1. The number of esters is 1. The number of nitrogens with one attached hydrogen (secondary N) is 2. The van der Waals surface area contributed by atoms with Gasteiger partial charge in [-0.1, -0.05) is 6.07 Å². The zero-order valence-electron chi connectivity index (χ0n) is 19.7. The average molecular weight is 489 g/mol. The Morgan fingerprint density at radius 3 is 2.38 bits per heavy atom. The van der Waals surface area contributed by atoms with Gasteiger partial charge in [-0.25, -0.2) is 18.0 Å². The Morgan fingerprint density at radius 1 is 1.03 bits per heavy atom. The van der Waals surface area contributed by atoms with Gasteiger partial charge in [0.25, 0.3) is 0 Å². The highest BCUT2D eigenvalue weighted by molar-refractivity contribution is 7.91. The number of methoxy groups -OCH3 is 2. The number of rotatable bonds is 8. The maximum Gasteiger partial charge on any atom is 0.338 e. The summed E-state index contributed by atoms with van der Waals surface area (Å²) in [7, 11) is -0.950. The minimum Gasteiger partial charge on any atom is -0.497 e. The predicted molar refractivity (Wildman–Crippen MR) is 126 cm³/mol. The molecule has 1 atom stereocenters. The molecule has 0 fully saturated rings. The number of aryl methyl sites for hydroxylation is 2. The predicted octanol–water partition coefficient (Wildman–Crippen LogP) is 2.97. The second kappa shape index (κ2) is 10.2. The molecule has 182 valence electrons. The van der Waals surface area contributed by atoms with E-state index in [0.717, 1.165) is 11.1 Å². The number of benzene rings is 2. The van der Waals surface area contributed by atoms with E-state index < -0.39 is 33.6 Å². The van der Waals surface area contributed by atoms with E-state index >= 15 is 0 Å². The molecule has 1 aliphatic heterocycles. The van der Waals surface area contributed by atoms with Crippen LogP contribution < -0.4 is 20.1 Å². The molecule has 0 radical (unpaired) electrons. The zero-order chi connectivity index (χ0) is 25.0. The maximum atomic E-state index is 13.2. The van der Waals surface area contributed by atoms with E-state index in [1.54, 1.807) is 37.3 Å².